The van der Waals surface area contributed by atoms with Gasteiger partial charge in [0.05, 0.1) is 0 Å². The van der Waals surface area contributed by atoms with Crippen LogP contribution in [-0.4, -0.2) is 0 Å². The van der Waals surface area contributed by atoms with Crippen molar-refractivity contribution >= 4 is 0 Å². The summed E-state index contributed by atoms with van der Waals surface area (Å²) in [5, 5.41) is 0. The van der Waals surface area contributed by atoms with Crippen LogP contribution < -0.4 is 0 Å². The van der Waals surface area contributed by atoms with Crippen molar-refractivity contribution in [3.8, 4) is 0 Å². The average molecular weight is 233 g/mol. The van der Waals surface area contributed by atoms with Crippen LogP contribution >= 0.6 is 0 Å². The van der Waals surface area contributed by atoms with Crippen LogP contribution in [0.25, 0.3) is 0 Å². The van der Waals surface area contributed by atoms with E-state index in [9.17, 15) is 4.48 Å². The summed E-state index contributed by atoms with van der Waals surface area (Å²) in [7, 11) is 2.50. The van der Waals surface area contributed by atoms with E-state index in [1.807, 2.05) is 0 Å². The molecule has 0 atom stereocenters. The maximum absolute atomic E-state index is 9.95. The predicted molar refractivity (Wildman–Crippen MR) is 9.95 cm³/mol. The van der Waals surface area contributed by atoms with Crippen molar-refractivity contribution in [3.63, 3.8) is 0 Å². The van der Waals surface area contributed by atoms with Gasteiger partial charge in [0.15, 0.2) is 0 Å². The molecule has 0 aromatic heterocycles. The summed E-state index contributed by atoms with van der Waals surface area (Å²) in [6, 6.07) is 0. The fraction of sp³-hybridized carbons (Fsp3) is 0. The average Bonchev–Trinajstić information content (AvgIpc) is 1.46. The van der Waals surface area contributed by atoms with Crippen molar-refractivity contribution < 1.29 is 25.5 Å². The summed E-state index contributed by atoms with van der Waals surface area (Å²) in [4.78, 5) is 0. The molecule has 26 valence electrons. The van der Waals surface area contributed by atoms with E-state index in [0.29, 0.717) is 19.6 Å². The second-order valence-electron chi connectivity index (χ2n) is 0.0690. The maximum Gasteiger partial charge on any atom is -0.214 e. The van der Waals surface area contributed by atoms with E-state index in [0.717, 1.165) is 0 Å². The molecule has 0 N–H and O–H groups in total. The Morgan fingerprint density at radius 3 is 2.25 bits per heavy atom. The molecule has 0 aliphatic rings. The smallest absolute Gasteiger partial charge is 0.214 e. The van der Waals surface area contributed by atoms with Gasteiger partial charge in [-0.1, -0.05) is 0 Å². The molecular formula is CH3FNW-. The Balaban J connectivity index is 0. The van der Waals surface area contributed by atoms with E-state index in [1.54, 1.807) is 0 Å². The van der Waals surface area contributed by atoms with Crippen molar-refractivity contribution in [1.29, 1.82) is 0 Å². The quantitative estimate of drug-likeness (QED) is 0.554. The Hall–Kier alpha value is 0.418. The third-order valence-corrected chi connectivity index (χ3v) is 0. The zero-order chi connectivity index (χ0) is 4.71. The topological polar surface area (TPSA) is 12.4 Å². The summed E-state index contributed by atoms with van der Waals surface area (Å²) in [6.45, 7) is 0. The number of hydrogen-bond donors (Lipinski definition) is 0. The molecule has 0 aromatic carbocycles. The van der Waals surface area contributed by atoms with E-state index < -0.39 is 0 Å². The fourth-order valence-corrected chi connectivity index (χ4v) is 0. The van der Waals surface area contributed by atoms with Crippen LogP contribution in [0.1, 0.15) is 1.37 Å². The molecule has 0 radical (unpaired) electrons. The zero-order valence-electron chi connectivity index (χ0n) is 2.94. The Kier molecular flexibility index (Phi) is 11.0. The van der Waals surface area contributed by atoms with Crippen LogP contribution in [0.3, 0.4) is 0 Å². The van der Waals surface area contributed by atoms with E-state index in [1.165, 1.54) is 0 Å². The Morgan fingerprint density at radius 1 is 2.25 bits per heavy atom. The van der Waals surface area contributed by atoms with Gasteiger partial charge in [-0.2, -0.15) is 0 Å². The van der Waals surface area contributed by atoms with E-state index in [4.69, 9.17) is 1.37 Å². The molecule has 0 spiro atoms. The minimum absolute atomic E-state index is 0.630. The minimum atomic E-state index is 0.630. The van der Waals surface area contributed by atoms with Crippen LogP contribution in [0, 0.1) is 7.40 Å². The molecule has 0 saturated heterocycles. The van der Waals surface area contributed by atoms with E-state index >= 15 is 0 Å². The van der Waals surface area contributed by atoms with Gasteiger partial charge in [-0.05, 0) is 0 Å². The number of rotatable bonds is 0. The largest absolute Gasteiger partial charge is 0.358 e. The second kappa shape index (κ2) is 9.94. The van der Waals surface area contributed by atoms with Crippen molar-refractivity contribution in [1.82, 2.24) is 0 Å². The minimum Gasteiger partial charge on any atom is -0.358 e. The van der Waals surface area contributed by atoms with Crippen LogP contribution in [0.2, 0.25) is 0 Å². The molecule has 0 aliphatic heterocycles. The molecule has 0 unspecified atom stereocenters. The first kappa shape index (κ1) is 4.42. The molecule has 3 heteroatoms. The molecule has 0 rings (SSSR count). The van der Waals surface area contributed by atoms with Gasteiger partial charge in [0, 0.05) is 0 Å². The Morgan fingerprint density at radius 2 is 2.25 bits per heavy atom. The van der Waals surface area contributed by atoms with Crippen LogP contribution in [0.15, 0.2) is 3.72 Å². The van der Waals surface area contributed by atoms with Gasteiger partial charge < -0.3 is 7.40 Å². The molecule has 0 fully saturated rings. The SMILES string of the molecule is F[N]=[W].[2H][CH2-]. The van der Waals surface area contributed by atoms with Crippen LogP contribution in [-0.2, 0) is 19.6 Å². The van der Waals surface area contributed by atoms with Crippen molar-refractivity contribution in [3.05, 3.63) is 7.40 Å². The predicted octanol–water partition coefficient (Wildman–Crippen LogP) is 1.05. The number of halogens is 1. The standard InChI is InChI=1S/CH3.FN.W/c;1-2;/h1H3;;/q-1;;/i1D;;. The van der Waals surface area contributed by atoms with Gasteiger partial charge in [0.1, 0.15) is 0 Å². The molecule has 0 bridgehead atoms. The number of nitrogens with zero attached hydrogens (tertiary/aromatic N) is 1. The van der Waals surface area contributed by atoms with Gasteiger partial charge in [-0.3, -0.25) is 0 Å². The molecular weight excluding hydrogens is 229 g/mol. The first-order valence-electron chi connectivity index (χ1n) is 1.06. The first-order chi connectivity index (χ1) is 2.41. The summed E-state index contributed by atoms with van der Waals surface area (Å²) in [6.07, 6.45) is 0. The molecule has 0 amide bonds. The van der Waals surface area contributed by atoms with Crippen LogP contribution in [0.4, 0.5) is 4.48 Å². The van der Waals surface area contributed by atoms with Gasteiger partial charge in [0.2, 0.25) is 0 Å². The second-order valence-corrected chi connectivity index (χ2v) is 0.565. The molecule has 0 aliphatic carbocycles. The van der Waals surface area contributed by atoms with Crippen LogP contribution in [0.5, 0.6) is 0 Å². The van der Waals surface area contributed by atoms with Crippen molar-refractivity contribution in [2.45, 2.75) is 0 Å². The summed E-state index contributed by atoms with van der Waals surface area (Å²) < 4.78 is 17.5. The van der Waals surface area contributed by atoms with Crippen molar-refractivity contribution in [2.75, 3.05) is 0 Å². The third kappa shape index (κ3) is 27.8. The summed E-state index contributed by atoms with van der Waals surface area (Å²) in [5.74, 6) is 0. The third-order valence-electron chi connectivity index (χ3n) is 0. The normalized spacial score (nSPS) is 5.00. The zero-order valence-corrected chi connectivity index (χ0v) is 4.87. The molecule has 0 heterocycles. The fourth-order valence-electron chi connectivity index (χ4n) is 0. The van der Waals surface area contributed by atoms with Crippen molar-refractivity contribution in [2.24, 2.45) is 3.72 Å². The monoisotopic (exact) mass is 233 g/mol. The van der Waals surface area contributed by atoms with Gasteiger partial charge in [0.25, 0.3) is 0 Å². The molecule has 0 saturated carbocycles. The summed E-state index contributed by atoms with van der Waals surface area (Å²) >= 11 is 0.630. The molecule has 1 nitrogen and oxygen atoms in total. The van der Waals surface area contributed by atoms with Gasteiger partial charge >= 0.3 is 27.8 Å². The van der Waals surface area contributed by atoms with Gasteiger partial charge in [-0.15, -0.1) is 0 Å². The Labute approximate surface area is 37.3 Å². The molecule has 0 aromatic rings. The van der Waals surface area contributed by atoms with E-state index in [2.05, 4.69) is 11.1 Å². The first-order valence-corrected chi connectivity index (χ1v) is 1.66. The number of hydrogen-bond acceptors (Lipinski definition) is 1. The van der Waals surface area contributed by atoms with E-state index in [-0.39, 0.29) is 0 Å². The Bertz CT molecular complexity index is 19.1. The molecule has 4 heavy (non-hydrogen) atoms. The van der Waals surface area contributed by atoms with Gasteiger partial charge in [-0.25, -0.2) is 1.37 Å². The maximum atomic E-state index is 9.95. The summed E-state index contributed by atoms with van der Waals surface area (Å²) in [5.41, 5.74) is 0.